The van der Waals surface area contributed by atoms with E-state index in [1.807, 2.05) is 13.8 Å². The Kier molecular flexibility index (Phi) is 13.7. The molecule has 0 aromatic carbocycles. The van der Waals surface area contributed by atoms with Crippen molar-refractivity contribution in [1.82, 2.24) is 0 Å². The molecule has 0 saturated carbocycles. The van der Waals surface area contributed by atoms with E-state index >= 15 is 0 Å². The molecule has 0 aliphatic heterocycles. The molecule has 6 heteroatoms. The molecule has 4 N–H and O–H groups in total. The van der Waals surface area contributed by atoms with E-state index in [1.165, 1.54) is 13.8 Å². The number of aliphatic carboxylic acids is 2. The standard InChI is InChI=1S/C8H18O2.2C4H6O2/c1-6(2)5-8(3,4)7(9)10;2*1-3(2)4(5)6/h6-7,9-10H,5H2,1-4H3;2*1H2,2H3,(H,5,6). The third-order valence-electron chi connectivity index (χ3n) is 2.36. The summed E-state index contributed by atoms with van der Waals surface area (Å²) in [6.07, 6.45) is -0.361. The molecule has 6 nitrogen and oxygen atoms in total. The normalized spacial score (nSPS) is 10.1. The fourth-order valence-electron chi connectivity index (χ4n) is 1.16. The smallest absolute Gasteiger partial charge is 0.330 e. The molecule has 22 heavy (non-hydrogen) atoms. The van der Waals surface area contributed by atoms with Gasteiger partial charge in [-0.2, -0.15) is 0 Å². The third kappa shape index (κ3) is 18.3. The zero-order valence-corrected chi connectivity index (χ0v) is 14.4. The average Bonchev–Trinajstić information content (AvgIpc) is 2.28. The molecule has 0 fully saturated rings. The van der Waals surface area contributed by atoms with Gasteiger partial charge in [-0.15, -0.1) is 0 Å². The SMILES string of the molecule is C=C(C)C(=O)O.C=C(C)C(=O)O.CC(C)CC(C)(C)C(O)O. The summed E-state index contributed by atoms with van der Waals surface area (Å²) in [5.74, 6) is -1.36. The zero-order valence-electron chi connectivity index (χ0n) is 14.4. The first kappa shape index (κ1) is 25.3. The maximum absolute atomic E-state index is 9.60. The average molecular weight is 318 g/mol. The molecule has 0 aromatic rings. The van der Waals surface area contributed by atoms with E-state index in [2.05, 4.69) is 27.0 Å². The minimum absolute atomic E-state index is 0.176. The summed E-state index contributed by atoms with van der Waals surface area (Å²) in [6.45, 7) is 17.1. The van der Waals surface area contributed by atoms with E-state index in [0.29, 0.717) is 5.92 Å². The molecule has 0 amide bonds. The summed E-state index contributed by atoms with van der Waals surface area (Å²) >= 11 is 0. The van der Waals surface area contributed by atoms with Gasteiger partial charge in [0.1, 0.15) is 0 Å². The van der Waals surface area contributed by atoms with Crippen LogP contribution < -0.4 is 0 Å². The molecule has 0 radical (unpaired) electrons. The van der Waals surface area contributed by atoms with E-state index in [4.69, 9.17) is 20.4 Å². The van der Waals surface area contributed by atoms with Crippen LogP contribution in [0.15, 0.2) is 24.3 Å². The van der Waals surface area contributed by atoms with Crippen molar-refractivity contribution in [3.63, 3.8) is 0 Å². The highest BCUT2D eigenvalue weighted by Gasteiger charge is 2.26. The molecule has 0 rings (SSSR count). The molecule has 0 bridgehead atoms. The van der Waals surface area contributed by atoms with Crippen LogP contribution in [0.1, 0.15) is 48.0 Å². The van der Waals surface area contributed by atoms with Gasteiger partial charge in [0.25, 0.3) is 0 Å². The Morgan fingerprint density at radius 2 is 1.18 bits per heavy atom. The van der Waals surface area contributed by atoms with Crippen LogP contribution in [-0.4, -0.2) is 38.7 Å². The minimum Gasteiger partial charge on any atom is -0.478 e. The fraction of sp³-hybridized carbons (Fsp3) is 0.625. The quantitative estimate of drug-likeness (QED) is 0.457. The molecule has 0 spiro atoms. The Morgan fingerprint density at radius 1 is 0.955 bits per heavy atom. The van der Waals surface area contributed by atoms with Crippen LogP contribution in [-0.2, 0) is 9.59 Å². The van der Waals surface area contributed by atoms with Crippen LogP contribution in [0.5, 0.6) is 0 Å². The van der Waals surface area contributed by atoms with Crippen LogP contribution in [0.4, 0.5) is 0 Å². The van der Waals surface area contributed by atoms with Gasteiger partial charge >= 0.3 is 11.9 Å². The first-order chi connectivity index (χ1) is 9.65. The lowest BCUT2D eigenvalue weighted by Crippen LogP contribution is -2.30. The van der Waals surface area contributed by atoms with Gasteiger partial charge in [0.05, 0.1) is 0 Å². The Bertz CT molecular complexity index is 332. The van der Waals surface area contributed by atoms with Gasteiger partial charge in [-0.3, -0.25) is 0 Å². The number of aliphatic hydroxyl groups excluding tert-OH is 1. The minimum atomic E-state index is -1.20. The lowest BCUT2D eigenvalue weighted by atomic mass is 9.83. The van der Waals surface area contributed by atoms with E-state index in [0.717, 1.165) is 6.42 Å². The summed E-state index contributed by atoms with van der Waals surface area (Å²) < 4.78 is 0. The summed E-state index contributed by atoms with van der Waals surface area (Å²) in [6, 6.07) is 0. The van der Waals surface area contributed by atoms with Crippen LogP contribution >= 0.6 is 0 Å². The second-order valence-corrected chi connectivity index (χ2v) is 6.13. The van der Waals surface area contributed by atoms with E-state index in [-0.39, 0.29) is 16.6 Å². The second-order valence-electron chi connectivity index (χ2n) is 6.13. The second kappa shape index (κ2) is 11.9. The molecule has 0 saturated heterocycles. The molecule has 0 aromatic heterocycles. The lowest BCUT2D eigenvalue weighted by Gasteiger charge is -2.28. The maximum Gasteiger partial charge on any atom is 0.330 e. The summed E-state index contributed by atoms with van der Waals surface area (Å²) in [5.41, 5.74) is -0.0150. The number of carboxylic acids is 2. The highest BCUT2D eigenvalue weighted by molar-refractivity contribution is 5.85. The first-order valence-corrected chi connectivity index (χ1v) is 6.78. The number of aliphatic hydroxyl groups is 2. The molecule has 0 heterocycles. The van der Waals surface area contributed by atoms with Crippen molar-refractivity contribution in [3.8, 4) is 0 Å². The Labute approximate surface area is 132 Å². The maximum atomic E-state index is 9.60. The molecule has 0 atom stereocenters. The topological polar surface area (TPSA) is 115 Å². The van der Waals surface area contributed by atoms with Crippen molar-refractivity contribution < 1.29 is 30.0 Å². The number of hydrogen-bond acceptors (Lipinski definition) is 4. The predicted octanol–water partition coefficient (Wildman–Crippen LogP) is 2.66. The molecule has 130 valence electrons. The Morgan fingerprint density at radius 3 is 1.23 bits per heavy atom. The molecular formula is C16H30O6. The molecule has 0 aliphatic rings. The fourth-order valence-corrected chi connectivity index (χ4v) is 1.16. The molecular weight excluding hydrogens is 288 g/mol. The molecule has 0 unspecified atom stereocenters. The number of carbonyl (C=O) groups is 2. The highest BCUT2D eigenvalue weighted by Crippen LogP contribution is 2.27. The largest absolute Gasteiger partial charge is 0.478 e. The van der Waals surface area contributed by atoms with Gasteiger partial charge < -0.3 is 20.4 Å². The van der Waals surface area contributed by atoms with Crippen LogP contribution in [0.25, 0.3) is 0 Å². The number of rotatable bonds is 5. The van der Waals surface area contributed by atoms with Crippen molar-refractivity contribution >= 4 is 11.9 Å². The van der Waals surface area contributed by atoms with Crippen molar-refractivity contribution in [2.75, 3.05) is 0 Å². The predicted molar refractivity (Wildman–Crippen MR) is 86.4 cm³/mol. The van der Waals surface area contributed by atoms with Crippen LogP contribution in [0.2, 0.25) is 0 Å². The monoisotopic (exact) mass is 318 g/mol. The van der Waals surface area contributed by atoms with Gasteiger partial charge in [-0.1, -0.05) is 40.9 Å². The van der Waals surface area contributed by atoms with Gasteiger partial charge in [0.15, 0.2) is 6.29 Å². The summed E-state index contributed by atoms with van der Waals surface area (Å²) in [5, 5.41) is 33.6. The number of hydrogen-bond donors (Lipinski definition) is 4. The van der Waals surface area contributed by atoms with Gasteiger partial charge in [0.2, 0.25) is 0 Å². The van der Waals surface area contributed by atoms with E-state index < -0.39 is 18.2 Å². The van der Waals surface area contributed by atoms with E-state index in [9.17, 15) is 9.59 Å². The van der Waals surface area contributed by atoms with Crippen LogP contribution in [0, 0.1) is 11.3 Å². The lowest BCUT2D eigenvalue weighted by molar-refractivity contribution is -0.133. The first-order valence-electron chi connectivity index (χ1n) is 6.78. The van der Waals surface area contributed by atoms with E-state index in [1.54, 1.807) is 0 Å². The third-order valence-corrected chi connectivity index (χ3v) is 2.36. The number of carboxylic acid groups (broad SMARTS) is 2. The van der Waals surface area contributed by atoms with Gasteiger partial charge in [0, 0.05) is 16.6 Å². The van der Waals surface area contributed by atoms with Crippen molar-refractivity contribution in [1.29, 1.82) is 0 Å². The van der Waals surface area contributed by atoms with Crippen molar-refractivity contribution in [3.05, 3.63) is 24.3 Å². The van der Waals surface area contributed by atoms with Crippen molar-refractivity contribution in [2.24, 2.45) is 11.3 Å². The Hall–Kier alpha value is -1.66. The van der Waals surface area contributed by atoms with Crippen molar-refractivity contribution in [2.45, 2.75) is 54.3 Å². The van der Waals surface area contributed by atoms with Gasteiger partial charge in [-0.05, 0) is 26.2 Å². The highest BCUT2D eigenvalue weighted by atomic mass is 16.5. The van der Waals surface area contributed by atoms with Gasteiger partial charge in [-0.25, -0.2) is 9.59 Å². The molecule has 0 aliphatic carbocycles. The summed E-state index contributed by atoms with van der Waals surface area (Å²) in [7, 11) is 0. The van der Waals surface area contributed by atoms with Crippen LogP contribution in [0.3, 0.4) is 0 Å². The Balaban J connectivity index is -0.000000261. The summed E-state index contributed by atoms with van der Waals surface area (Å²) in [4.78, 5) is 19.2. The zero-order chi connectivity index (χ0) is 18.7.